The maximum Gasteiger partial charge on any atom is 0.228 e. The Morgan fingerprint density at radius 3 is 2.08 bits per heavy atom. The Labute approximate surface area is 216 Å². The molecule has 10 heteroatoms. The summed E-state index contributed by atoms with van der Waals surface area (Å²) in [5, 5.41) is 5.91. The molecule has 3 aromatic carbocycles. The van der Waals surface area contributed by atoms with E-state index in [1.165, 1.54) is 56.8 Å². The minimum Gasteiger partial charge on any atom is -0.493 e. The molecule has 2 N–H and O–H groups in total. The molecule has 5 rings (SSSR count). The fraction of sp³-hybridized carbons (Fsp3) is 0.179. The van der Waals surface area contributed by atoms with Crippen molar-refractivity contribution in [2.45, 2.75) is 6.42 Å². The van der Waals surface area contributed by atoms with Crippen molar-refractivity contribution in [3.8, 4) is 23.0 Å². The first kappa shape index (κ1) is 24.9. The number of carbonyl (C=O) groups excluding carboxylic acids is 2. The first-order valence-electron chi connectivity index (χ1n) is 11.7. The van der Waals surface area contributed by atoms with Crippen LogP contribution in [0.2, 0.25) is 0 Å². The third kappa shape index (κ3) is 5.19. The summed E-state index contributed by atoms with van der Waals surface area (Å²) < 4.78 is 44.4. The molecule has 1 fully saturated rings. The van der Waals surface area contributed by atoms with Crippen LogP contribution in [0.1, 0.15) is 6.42 Å². The van der Waals surface area contributed by atoms with E-state index in [1.807, 2.05) is 0 Å². The number of anilines is 2. The lowest BCUT2D eigenvalue weighted by Gasteiger charge is -2.13. The van der Waals surface area contributed by atoms with Crippen molar-refractivity contribution >= 4 is 34.1 Å². The Balaban J connectivity index is 1.24. The van der Waals surface area contributed by atoms with E-state index < -0.39 is 29.4 Å². The molecule has 1 heterocycles. The zero-order chi connectivity index (χ0) is 26.8. The number of nitrogens with zero attached hydrogens (tertiary/aromatic N) is 1. The summed E-state index contributed by atoms with van der Waals surface area (Å²) in [4.78, 5) is 29.3. The summed E-state index contributed by atoms with van der Waals surface area (Å²) in [6.45, 7) is 0. The van der Waals surface area contributed by atoms with Crippen LogP contribution in [0.3, 0.4) is 0 Å². The molecule has 0 spiro atoms. The van der Waals surface area contributed by atoms with E-state index in [-0.39, 0.29) is 17.3 Å². The maximum atomic E-state index is 14.9. The van der Waals surface area contributed by atoms with Gasteiger partial charge in [-0.25, -0.2) is 8.78 Å². The van der Waals surface area contributed by atoms with Gasteiger partial charge in [-0.05, 0) is 55.0 Å². The van der Waals surface area contributed by atoms with Gasteiger partial charge in [0.1, 0.15) is 11.6 Å². The first-order chi connectivity index (χ1) is 18.4. The molecule has 4 aromatic rings. The number of rotatable bonds is 8. The second-order valence-corrected chi connectivity index (χ2v) is 8.71. The minimum atomic E-state index is -0.686. The Kier molecular flexibility index (Phi) is 6.78. The molecule has 0 aliphatic heterocycles. The van der Waals surface area contributed by atoms with Gasteiger partial charge in [0.05, 0.1) is 31.6 Å². The van der Waals surface area contributed by atoms with Crippen LogP contribution in [0.25, 0.3) is 10.9 Å². The van der Waals surface area contributed by atoms with Crippen LogP contribution in [-0.4, -0.2) is 31.0 Å². The SMILES string of the molecule is COc1cc2nccc(Oc3ccc(NC(=O)[C@H]4C[C@H]4C(=O)Nc4ccc(F)cc4)cc3F)c2cc1OC. The van der Waals surface area contributed by atoms with Gasteiger partial charge in [-0.1, -0.05) is 0 Å². The summed E-state index contributed by atoms with van der Waals surface area (Å²) in [6.07, 6.45) is 1.90. The minimum absolute atomic E-state index is 0.0479. The van der Waals surface area contributed by atoms with Crippen LogP contribution in [0, 0.1) is 23.5 Å². The van der Waals surface area contributed by atoms with Gasteiger partial charge < -0.3 is 24.8 Å². The number of methoxy groups -OCH3 is 2. The highest BCUT2D eigenvalue weighted by Gasteiger charge is 2.48. The van der Waals surface area contributed by atoms with Crippen LogP contribution >= 0.6 is 0 Å². The summed E-state index contributed by atoms with van der Waals surface area (Å²) in [5.41, 5.74) is 1.25. The summed E-state index contributed by atoms with van der Waals surface area (Å²) in [6, 6.07) is 14.4. The van der Waals surface area contributed by atoms with Gasteiger partial charge in [0.2, 0.25) is 11.8 Å². The predicted molar refractivity (Wildman–Crippen MR) is 137 cm³/mol. The highest BCUT2D eigenvalue weighted by molar-refractivity contribution is 6.03. The number of halogens is 2. The molecule has 1 aliphatic carbocycles. The summed E-state index contributed by atoms with van der Waals surface area (Å²) in [7, 11) is 3.03. The van der Waals surface area contributed by atoms with E-state index in [2.05, 4.69) is 15.6 Å². The Morgan fingerprint density at radius 1 is 0.789 bits per heavy atom. The molecular weight excluding hydrogens is 496 g/mol. The molecule has 1 aromatic heterocycles. The normalized spacial score (nSPS) is 16.0. The van der Waals surface area contributed by atoms with Crippen molar-refractivity contribution in [1.82, 2.24) is 4.98 Å². The molecule has 0 bridgehead atoms. The van der Waals surface area contributed by atoms with E-state index in [9.17, 15) is 18.4 Å². The molecule has 1 aliphatic rings. The Hall–Kier alpha value is -4.73. The molecule has 1 saturated carbocycles. The lowest BCUT2D eigenvalue weighted by Crippen LogP contribution is -2.20. The van der Waals surface area contributed by atoms with Crippen molar-refractivity contribution in [3.05, 3.63) is 78.5 Å². The number of carbonyl (C=O) groups is 2. The maximum absolute atomic E-state index is 14.9. The number of hydrogen-bond acceptors (Lipinski definition) is 6. The molecular formula is C28H23F2N3O5. The zero-order valence-electron chi connectivity index (χ0n) is 20.5. The number of nitrogens with one attached hydrogen (secondary N) is 2. The summed E-state index contributed by atoms with van der Waals surface area (Å²) in [5.74, 6) is -1.58. The number of hydrogen-bond donors (Lipinski definition) is 2. The second-order valence-electron chi connectivity index (χ2n) is 8.71. The Morgan fingerprint density at radius 2 is 1.42 bits per heavy atom. The number of ether oxygens (including phenoxy) is 3. The number of fused-ring (bicyclic) bond motifs is 1. The van der Waals surface area contributed by atoms with Gasteiger partial charge in [-0.2, -0.15) is 0 Å². The fourth-order valence-electron chi connectivity index (χ4n) is 4.09. The van der Waals surface area contributed by atoms with E-state index >= 15 is 0 Å². The number of pyridine rings is 1. The second kappa shape index (κ2) is 10.3. The van der Waals surface area contributed by atoms with E-state index in [1.54, 1.807) is 18.2 Å². The lowest BCUT2D eigenvalue weighted by atomic mass is 10.1. The third-order valence-corrected chi connectivity index (χ3v) is 6.20. The molecule has 8 nitrogen and oxygen atoms in total. The molecule has 38 heavy (non-hydrogen) atoms. The Bertz CT molecular complexity index is 1530. The van der Waals surface area contributed by atoms with Crippen LogP contribution < -0.4 is 24.8 Å². The molecule has 194 valence electrons. The summed E-state index contributed by atoms with van der Waals surface area (Å²) >= 11 is 0. The smallest absolute Gasteiger partial charge is 0.228 e. The molecule has 2 atom stereocenters. The number of aromatic nitrogens is 1. The van der Waals surface area contributed by atoms with Crippen LogP contribution in [0.4, 0.5) is 20.2 Å². The molecule has 2 amide bonds. The van der Waals surface area contributed by atoms with Crippen molar-refractivity contribution < 1.29 is 32.6 Å². The fourth-order valence-corrected chi connectivity index (χ4v) is 4.09. The average Bonchev–Trinajstić information content (AvgIpc) is 3.72. The van der Waals surface area contributed by atoms with Gasteiger partial charge in [0.25, 0.3) is 0 Å². The third-order valence-electron chi connectivity index (χ3n) is 6.20. The van der Waals surface area contributed by atoms with Crippen molar-refractivity contribution in [1.29, 1.82) is 0 Å². The van der Waals surface area contributed by atoms with Gasteiger partial charge >= 0.3 is 0 Å². The zero-order valence-corrected chi connectivity index (χ0v) is 20.5. The monoisotopic (exact) mass is 519 g/mol. The van der Waals surface area contributed by atoms with Crippen LogP contribution in [-0.2, 0) is 9.59 Å². The average molecular weight is 520 g/mol. The van der Waals surface area contributed by atoms with Crippen LogP contribution in [0.15, 0.2) is 66.9 Å². The molecule has 0 saturated heterocycles. The van der Waals surface area contributed by atoms with Gasteiger partial charge in [-0.15, -0.1) is 0 Å². The predicted octanol–water partition coefficient (Wildman–Crippen LogP) is 5.54. The van der Waals surface area contributed by atoms with Gasteiger partial charge in [0, 0.05) is 35.1 Å². The van der Waals surface area contributed by atoms with E-state index in [4.69, 9.17) is 14.2 Å². The largest absolute Gasteiger partial charge is 0.493 e. The van der Waals surface area contributed by atoms with Gasteiger partial charge in [-0.3, -0.25) is 14.6 Å². The van der Waals surface area contributed by atoms with Crippen molar-refractivity contribution in [2.24, 2.45) is 11.8 Å². The topological polar surface area (TPSA) is 98.8 Å². The number of amides is 2. The first-order valence-corrected chi connectivity index (χ1v) is 11.7. The molecule has 0 unspecified atom stereocenters. The van der Waals surface area contributed by atoms with E-state index in [0.717, 1.165) is 6.07 Å². The standard InChI is InChI=1S/C28H23F2N3O5/c1-36-25-13-20-22(14-26(25)37-2)31-10-9-23(20)38-24-8-7-17(11-21(24)30)33-28(35)19-12-18(19)27(34)32-16-5-3-15(29)4-6-16/h3-11,13-14,18-19H,12H2,1-2H3,(H,32,34)(H,33,35)/t18-,19+/m1/s1. The van der Waals surface area contributed by atoms with Gasteiger partial charge in [0.15, 0.2) is 23.1 Å². The quantitative estimate of drug-likeness (QED) is 0.317. The van der Waals surface area contributed by atoms with E-state index in [0.29, 0.717) is 40.3 Å². The number of benzene rings is 3. The lowest BCUT2D eigenvalue weighted by molar-refractivity contribution is -0.122. The molecule has 0 radical (unpaired) electrons. The van der Waals surface area contributed by atoms with Crippen molar-refractivity contribution in [3.63, 3.8) is 0 Å². The highest BCUT2D eigenvalue weighted by Crippen LogP contribution is 2.41. The van der Waals surface area contributed by atoms with Crippen LogP contribution in [0.5, 0.6) is 23.0 Å². The van der Waals surface area contributed by atoms with Crippen molar-refractivity contribution in [2.75, 3.05) is 24.9 Å². The highest BCUT2D eigenvalue weighted by atomic mass is 19.1.